The number of amides is 2. The van der Waals surface area contributed by atoms with E-state index in [4.69, 9.17) is 22.1 Å². The Labute approximate surface area is 158 Å². The highest BCUT2D eigenvalue weighted by molar-refractivity contribution is 7.17. The van der Waals surface area contributed by atoms with Crippen molar-refractivity contribution < 1.29 is 14.3 Å². The van der Waals surface area contributed by atoms with Crippen LogP contribution in [0.5, 0.6) is 0 Å². The molecule has 1 saturated heterocycles. The van der Waals surface area contributed by atoms with E-state index in [1.54, 1.807) is 36.4 Å². The molecule has 1 aliphatic rings. The first-order valence-electron chi connectivity index (χ1n) is 7.68. The smallest absolute Gasteiger partial charge is 0.414 e. The number of nitrogens with one attached hydrogen (secondary N) is 2. The minimum atomic E-state index is -0.455. The minimum absolute atomic E-state index is 0.224. The fourth-order valence-electron chi connectivity index (χ4n) is 2.40. The van der Waals surface area contributed by atoms with E-state index in [0.29, 0.717) is 21.4 Å². The lowest BCUT2D eigenvalue weighted by molar-refractivity contribution is 0.0920. The standard InChI is InChI=1S/C16H16ClN5O3S/c17-14-6-5-13(26-14)15(23)19-7-12-8-22(16(24)25-12)11-3-1-10(2-4-11)21-20-9-18/h1-6,9,12,21H,7-8H2,(H2,18,20)(H,19,23)/t12-/m0/s1. The fourth-order valence-corrected chi connectivity index (χ4v) is 3.36. The summed E-state index contributed by atoms with van der Waals surface area (Å²) in [6.45, 7) is 0.569. The molecule has 3 rings (SSSR count). The monoisotopic (exact) mass is 393 g/mol. The van der Waals surface area contributed by atoms with Crippen LogP contribution in [0.15, 0.2) is 41.5 Å². The maximum atomic E-state index is 12.1. The van der Waals surface area contributed by atoms with Gasteiger partial charge in [-0.2, -0.15) is 5.10 Å². The number of carbonyl (C=O) groups is 2. The van der Waals surface area contributed by atoms with E-state index in [0.717, 1.165) is 12.0 Å². The van der Waals surface area contributed by atoms with Gasteiger partial charge in [0, 0.05) is 5.69 Å². The molecule has 2 amide bonds. The van der Waals surface area contributed by atoms with Crippen molar-refractivity contribution in [3.05, 3.63) is 45.6 Å². The van der Waals surface area contributed by atoms with Crippen molar-refractivity contribution in [3.8, 4) is 0 Å². The van der Waals surface area contributed by atoms with Gasteiger partial charge in [0.2, 0.25) is 0 Å². The van der Waals surface area contributed by atoms with Crippen molar-refractivity contribution in [3.63, 3.8) is 0 Å². The number of cyclic esters (lactones) is 1. The molecule has 2 heterocycles. The van der Waals surface area contributed by atoms with Crippen LogP contribution in [-0.4, -0.2) is 37.5 Å². The fraction of sp³-hybridized carbons (Fsp3) is 0.188. The molecule has 0 spiro atoms. The molecule has 0 saturated carbocycles. The van der Waals surface area contributed by atoms with Crippen LogP contribution in [-0.2, 0) is 4.74 Å². The molecule has 4 N–H and O–H groups in total. The number of ether oxygens (including phenoxy) is 1. The van der Waals surface area contributed by atoms with Gasteiger partial charge in [-0.25, -0.2) is 4.79 Å². The van der Waals surface area contributed by atoms with E-state index >= 15 is 0 Å². The molecule has 0 radical (unpaired) electrons. The van der Waals surface area contributed by atoms with Crippen LogP contribution >= 0.6 is 22.9 Å². The number of hydrogen-bond acceptors (Lipinski definition) is 6. The lowest BCUT2D eigenvalue weighted by Gasteiger charge is -2.13. The van der Waals surface area contributed by atoms with Gasteiger partial charge in [-0.15, -0.1) is 11.3 Å². The third-order valence-corrected chi connectivity index (χ3v) is 4.84. The molecule has 1 fully saturated rings. The summed E-state index contributed by atoms with van der Waals surface area (Å²) in [5, 5.41) is 6.46. The number of nitrogens with two attached hydrogens (primary N) is 1. The molecule has 136 valence electrons. The van der Waals surface area contributed by atoms with Crippen LogP contribution in [0.25, 0.3) is 0 Å². The van der Waals surface area contributed by atoms with Crippen molar-refractivity contribution >= 4 is 52.7 Å². The molecule has 2 aromatic rings. The average molecular weight is 394 g/mol. The summed E-state index contributed by atoms with van der Waals surface area (Å²) in [6.07, 6.45) is 0.264. The quantitative estimate of drug-likeness (QED) is 0.397. The number of benzene rings is 1. The van der Waals surface area contributed by atoms with Gasteiger partial charge in [-0.05, 0) is 36.4 Å². The molecule has 26 heavy (non-hydrogen) atoms. The van der Waals surface area contributed by atoms with Gasteiger partial charge < -0.3 is 15.8 Å². The summed E-state index contributed by atoms with van der Waals surface area (Å²) in [4.78, 5) is 26.1. The van der Waals surface area contributed by atoms with E-state index < -0.39 is 12.2 Å². The highest BCUT2D eigenvalue weighted by atomic mass is 35.5. The molecule has 0 aliphatic carbocycles. The zero-order valence-electron chi connectivity index (χ0n) is 13.5. The summed E-state index contributed by atoms with van der Waals surface area (Å²) in [7, 11) is 0. The molecule has 8 nitrogen and oxygen atoms in total. The normalized spacial score (nSPS) is 16.7. The summed E-state index contributed by atoms with van der Waals surface area (Å²) < 4.78 is 5.85. The number of thiophene rings is 1. The van der Waals surface area contributed by atoms with Crippen LogP contribution in [0.1, 0.15) is 9.67 Å². The van der Waals surface area contributed by atoms with Crippen LogP contribution in [0.3, 0.4) is 0 Å². The van der Waals surface area contributed by atoms with Crippen molar-refractivity contribution in [1.29, 1.82) is 0 Å². The van der Waals surface area contributed by atoms with Crippen molar-refractivity contribution in [2.24, 2.45) is 10.8 Å². The molecular formula is C16H16ClN5O3S. The molecular weight excluding hydrogens is 378 g/mol. The van der Waals surface area contributed by atoms with Crippen LogP contribution < -0.4 is 21.4 Å². The number of anilines is 2. The molecule has 0 bridgehead atoms. The predicted molar refractivity (Wildman–Crippen MR) is 102 cm³/mol. The molecule has 1 aliphatic heterocycles. The number of rotatable bonds is 6. The second-order valence-corrected chi connectivity index (χ2v) is 7.08. The van der Waals surface area contributed by atoms with E-state index in [2.05, 4.69) is 15.8 Å². The Morgan fingerprint density at radius 1 is 1.38 bits per heavy atom. The van der Waals surface area contributed by atoms with Crippen LogP contribution in [0.2, 0.25) is 4.34 Å². The van der Waals surface area contributed by atoms with Gasteiger partial charge in [-0.3, -0.25) is 15.1 Å². The Hall–Kier alpha value is -2.78. The Kier molecular flexibility index (Phi) is 5.59. The number of hydrogen-bond donors (Lipinski definition) is 3. The van der Waals surface area contributed by atoms with E-state index in [1.165, 1.54) is 16.2 Å². The van der Waals surface area contributed by atoms with E-state index in [1.807, 2.05) is 0 Å². The van der Waals surface area contributed by atoms with Gasteiger partial charge in [0.25, 0.3) is 5.91 Å². The van der Waals surface area contributed by atoms with E-state index in [9.17, 15) is 9.59 Å². The number of carbonyl (C=O) groups excluding carboxylic acids is 2. The summed E-state index contributed by atoms with van der Waals surface area (Å²) >= 11 is 7.02. The Balaban J connectivity index is 1.55. The number of hydrazone groups is 1. The lowest BCUT2D eigenvalue weighted by Crippen LogP contribution is -2.34. The molecule has 1 atom stereocenters. The number of nitrogens with zero attached hydrogens (tertiary/aromatic N) is 2. The minimum Gasteiger partial charge on any atom is -0.442 e. The average Bonchev–Trinajstić information content (AvgIpc) is 3.24. The van der Waals surface area contributed by atoms with Gasteiger partial charge in [0.1, 0.15) is 12.4 Å². The van der Waals surface area contributed by atoms with Crippen LogP contribution in [0, 0.1) is 0 Å². The van der Waals surface area contributed by atoms with Gasteiger partial charge in [0.15, 0.2) is 0 Å². The van der Waals surface area contributed by atoms with Crippen molar-refractivity contribution in [1.82, 2.24) is 5.32 Å². The lowest BCUT2D eigenvalue weighted by atomic mass is 10.2. The first kappa shape index (κ1) is 18.0. The zero-order chi connectivity index (χ0) is 18.5. The third kappa shape index (κ3) is 4.24. The molecule has 1 aromatic heterocycles. The van der Waals surface area contributed by atoms with Crippen LogP contribution in [0.4, 0.5) is 16.2 Å². The highest BCUT2D eigenvalue weighted by Crippen LogP contribution is 2.24. The zero-order valence-corrected chi connectivity index (χ0v) is 15.1. The second-order valence-electron chi connectivity index (χ2n) is 5.37. The maximum absolute atomic E-state index is 12.1. The van der Waals surface area contributed by atoms with Gasteiger partial charge in [0.05, 0.1) is 28.0 Å². The second kappa shape index (κ2) is 8.07. The summed E-state index contributed by atoms with van der Waals surface area (Å²) in [5.74, 6) is -0.243. The summed E-state index contributed by atoms with van der Waals surface area (Å²) in [6, 6.07) is 10.4. The maximum Gasteiger partial charge on any atom is 0.414 e. The van der Waals surface area contributed by atoms with E-state index in [-0.39, 0.29) is 12.5 Å². The predicted octanol–water partition coefficient (Wildman–Crippen LogP) is 2.47. The van der Waals surface area contributed by atoms with Gasteiger partial charge >= 0.3 is 6.09 Å². The SMILES string of the molecule is N/C=N\Nc1ccc(N2C[C@H](CNC(=O)c3ccc(Cl)s3)OC2=O)cc1. The topological polar surface area (TPSA) is 109 Å². The van der Waals surface area contributed by atoms with Gasteiger partial charge in [-0.1, -0.05) is 11.6 Å². The molecule has 1 aromatic carbocycles. The Morgan fingerprint density at radius 2 is 2.15 bits per heavy atom. The van der Waals surface area contributed by atoms with Crippen molar-refractivity contribution in [2.75, 3.05) is 23.4 Å². The summed E-state index contributed by atoms with van der Waals surface area (Å²) in [5.41, 5.74) is 9.33. The molecule has 10 heteroatoms. The molecule has 0 unspecified atom stereocenters. The number of halogens is 1. The highest BCUT2D eigenvalue weighted by Gasteiger charge is 2.32. The van der Waals surface area contributed by atoms with Crippen molar-refractivity contribution in [2.45, 2.75) is 6.10 Å². The Morgan fingerprint density at radius 3 is 2.81 bits per heavy atom. The third-order valence-electron chi connectivity index (χ3n) is 3.61. The largest absolute Gasteiger partial charge is 0.442 e. The first-order valence-corrected chi connectivity index (χ1v) is 8.87. The first-order chi connectivity index (χ1) is 12.6. The Bertz CT molecular complexity index is 824.